The standard InChI is InChI=1S/C18H15N5O2/c1-12-2-4-13(5-3-12)16-10-17(22-18(21-16)19-11-20-22)14-6-8-15(9-7-14)23(24)25/h2-11,17H,1H3,(H,19,20,21)/t17-/m1/s1. The smallest absolute Gasteiger partial charge is 0.269 e. The quantitative estimate of drug-likeness (QED) is 0.585. The Hall–Kier alpha value is -3.48. The molecule has 0 aliphatic carbocycles. The Morgan fingerprint density at radius 2 is 1.84 bits per heavy atom. The molecular formula is C18H15N5O2. The molecule has 1 aliphatic heterocycles. The third-order valence-electron chi connectivity index (χ3n) is 4.22. The summed E-state index contributed by atoms with van der Waals surface area (Å²) in [7, 11) is 0. The topological polar surface area (TPSA) is 85.9 Å². The monoisotopic (exact) mass is 333 g/mol. The predicted octanol–water partition coefficient (Wildman–Crippen LogP) is 3.55. The van der Waals surface area contributed by atoms with Gasteiger partial charge < -0.3 is 5.32 Å². The van der Waals surface area contributed by atoms with Crippen LogP contribution in [0.1, 0.15) is 22.7 Å². The third kappa shape index (κ3) is 2.76. The first-order valence-electron chi connectivity index (χ1n) is 7.81. The number of non-ortho nitro benzene ring substituents is 1. The van der Waals surface area contributed by atoms with E-state index >= 15 is 0 Å². The molecule has 0 radical (unpaired) electrons. The number of rotatable bonds is 3. The van der Waals surface area contributed by atoms with Gasteiger partial charge in [-0.25, -0.2) is 4.68 Å². The van der Waals surface area contributed by atoms with Crippen LogP contribution in [0.3, 0.4) is 0 Å². The molecule has 3 aromatic rings. The zero-order chi connectivity index (χ0) is 17.4. The van der Waals surface area contributed by atoms with Crippen LogP contribution in [-0.4, -0.2) is 19.7 Å². The second-order valence-electron chi connectivity index (χ2n) is 5.89. The van der Waals surface area contributed by atoms with Gasteiger partial charge in [0.25, 0.3) is 5.69 Å². The summed E-state index contributed by atoms with van der Waals surface area (Å²) in [5, 5.41) is 18.4. The fraction of sp³-hybridized carbons (Fsp3) is 0.111. The third-order valence-corrected chi connectivity index (χ3v) is 4.22. The first kappa shape index (κ1) is 15.1. The lowest BCUT2D eigenvalue weighted by atomic mass is 10.0. The average molecular weight is 333 g/mol. The van der Waals surface area contributed by atoms with Crippen LogP contribution in [0.5, 0.6) is 0 Å². The van der Waals surface area contributed by atoms with Crippen molar-refractivity contribution in [3.63, 3.8) is 0 Å². The molecule has 0 bridgehead atoms. The van der Waals surface area contributed by atoms with Crippen LogP contribution in [0, 0.1) is 17.0 Å². The van der Waals surface area contributed by atoms with Crippen LogP contribution in [0.2, 0.25) is 0 Å². The highest BCUT2D eigenvalue weighted by atomic mass is 16.6. The van der Waals surface area contributed by atoms with E-state index in [2.05, 4.69) is 27.5 Å². The molecule has 0 saturated heterocycles. The number of hydrogen-bond acceptors (Lipinski definition) is 5. The number of hydrogen-bond donors (Lipinski definition) is 1. The van der Waals surface area contributed by atoms with Crippen molar-refractivity contribution in [3.05, 3.63) is 87.7 Å². The number of allylic oxidation sites excluding steroid dienone is 1. The number of nitro groups is 1. The minimum absolute atomic E-state index is 0.0687. The van der Waals surface area contributed by atoms with Crippen molar-refractivity contribution in [1.82, 2.24) is 14.8 Å². The van der Waals surface area contributed by atoms with Crippen molar-refractivity contribution >= 4 is 17.3 Å². The lowest BCUT2D eigenvalue weighted by Crippen LogP contribution is -2.20. The molecular weight excluding hydrogens is 318 g/mol. The molecule has 0 unspecified atom stereocenters. The predicted molar refractivity (Wildman–Crippen MR) is 94.0 cm³/mol. The normalized spacial score (nSPS) is 15.9. The summed E-state index contributed by atoms with van der Waals surface area (Å²) in [4.78, 5) is 14.7. The summed E-state index contributed by atoms with van der Waals surface area (Å²) in [6.07, 6.45) is 3.54. The van der Waals surface area contributed by atoms with Crippen molar-refractivity contribution in [3.8, 4) is 0 Å². The van der Waals surface area contributed by atoms with Gasteiger partial charge >= 0.3 is 0 Å². The van der Waals surface area contributed by atoms with Crippen molar-refractivity contribution < 1.29 is 4.92 Å². The van der Waals surface area contributed by atoms with E-state index in [1.54, 1.807) is 16.8 Å². The summed E-state index contributed by atoms with van der Waals surface area (Å²) >= 11 is 0. The minimum Gasteiger partial charge on any atom is -0.324 e. The first-order chi connectivity index (χ1) is 12.1. The van der Waals surface area contributed by atoms with Gasteiger partial charge in [0, 0.05) is 17.8 Å². The van der Waals surface area contributed by atoms with E-state index in [1.807, 2.05) is 25.1 Å². The lowest BCUT2D eigenvalue weighted by molar-refractivity contribution is -0.384. The molecule has 1 atom stereocenters. The van der Waals surface area contributed by atoms with E-state index in [1.165, 1.54) is 24.0 Å². The Balaban J connectivity index is 1.76. The van der Waals surface area contributed by atoms with E-state index < -0.39 is 4.92 Å². The highest BCUT2D eigenvalue weighted by molar-refractivity contribution is 5.77. The first-order valence-corrected chi connectivity index (χ1v) is 7.81. The molecule has 0 fully saturated rings. The van der Waals surface area contributed by atoms with Gasteiger partial charge in [0.2, 0.25) is 5.95 Å². The zero-order valence-corrected chi connectivity index (χ0v) is 13.5. The number of nitro benzene ring substituents is 1. The maximum atomic E-state index is 10.9. The van der Waals surface area contributed by atoms with E-state index in [9.17, 15) is 10.1 Å². The molecule has 1 aromatic heterocycles. The van der Waals surface area contributed by atoms with Crippen LogP contribution in [-0.2, 0) is 0 Å². The van der Waals surface area contributed by atoms with E-state index in [4.69, 9.17) is 0 Å². The largest absolute Gasteiger partial charge is 0.324 e. The van der Waals surface area contributed by atoms with Gasteiger partial charge in [-0.2, -0.15) is 10.1 Å². The van der Waals surface area contributed by atoms with Gasteiger partial charge in [-0.1, -0.05) is 29.8 Å². The molecule has 4 rings (SSSR count). The molecule has 2 heterocycles. The average Bonchev–Trinajstić information content (AvgIpc) is 3.10. The second kappa shape index (κ2) is 5.86. The minimum atomic E-state index is -0.402. The molecule has 0 saturated carbocycles. The Morgan fingerprint density at radius 3 is 2.52 bits per heavy atom. The molecule has 7 nitrogen and oxygen atoms in total. The number of aryl methyl sites for hydroxylation is 1. The second-order valence-corrected chi connectivity index (χ2v) is 5.89. The summed E-state index contributed by atoms with van der Waals surface area (Å²) in [6, 6.07) is 14.5. The van der Waals surface area contributed by atoms with Crippen LogP contribution >= 0.6 is 0 Å². The van der Waals surface area contributed by atoms with Crippen LogP contribution in [0.15, 0.2) is 60.9 Å². The van der Waals surface area contributed by atoms with Crippen molar-refractivity contribution in [2.75, 3.05) is 5.32 Å². The number of fused-ring (bicyclic) bond motifs is 1. The van der Waals surface area contributed by atoms with E-state index in [0.29, 0.717) is 5.95 Å². The van der Waals surface area contributed by atoms with Crippen LogP contribution in [0.4, 0.5) is 11.6 Å². The Kier molecular flexibility index (Phi) is 3.53. The molecule has 25 heavy (non-hydrogen) atoms. The Labute approximate surface area is 143 Å². The van der Waals surface area contributed by atoms with Gasteiger partial charge in [0.05, 0.1) is 4.92 Å². The molecule has 124 valence electrons. The number of nitrogens with one attached hydrogen (secondary N) is 1. The summed E-state index contributed by atoms with van der Waals surface area (Å²) in [6.45, 7) is 2.04. The molecule has 0 spiro atoms. The molecule has 2 aromatic carbocycles. The molecule has 1 aliphatic rings. The van der Waals surface area contributed by atoms with Gasteiger partial charge in [0.15, 0.2) is 0 Å². The van der Waals surface area contributed by atoms with Crippen molar-refractivity contribution in [2.24, 2.45) is 0 Å². The van der Waals surface area contributed by atoms with Gasteiger partial charge in [-0.15, -0.1) is 0 Å². The number of aromatic nitrogens is 3. The van der Waals surface area contributed by atoms with Gasteiger partial charge in [-0.3, -0.25) is 10.1 Å². The summed E-state index contributed by atoms with van der Waals surface area (Å²) in [5.74, 6) is 0.640. The highest BCUT2D eigenvalue weighted by Crippen LogP contribution is 2.32. The molecule has 1 N–H and O–H groups in total. The zero-order valence-electron chi connectivity index (χ0n) is 13.5. The summed E-state index contributed by atoms with van der Waals surface area (Å²) in [5.41, 5.74) is 4.15. The molecule has 0 amide bonds. The van der Waals surface area contributed by atoms with E-state index in [0.717, 1.165) is 16.8 Å². The number of benzene rings is 2. The Bertz CT molecular complexity index is 958. The van der Waals surface area contributed by atoms with Gasteiger partial charge in [0.1, 0.15) is 12.4 Å². The number of nitrogens with zero attached hydrogens (tertiary/aromatic N) is 4. The van der Waals surface area contributed by atoms with E-state index in [-0.39, 0.29) is 11.7 Å². The van der Waals surface area contributed by atoms with Crippen molar-refractivity contribution in [2.45, 2.75) is 13.0 Å². The maximum Gasteiger partial charge on any atom is 0.269 e. The fourth-order valence-electron chi connectivity index (χ4n) is 2.87. The SMILES string of the molecule is Cc1ccc(C2=C[C@H](c3ccc([N+](=O)[O-])cc3)n3ncnc3N2)cc1. The summed E-state index contributed by atoms with van der Waals surface area (Å²) < 4.78 is 1.76. The fourth-order valence-corrected chi connectivity index (χ4v) is 2.87. The number of anilines is 1. The molecule has 7 heteroatoms. The maximum absolute atomic E-state index is 10.9. The van der Waals surface area contributed by atoms with Crippen LogP contribution in [0.25, 0.3) is 5.70 Å². The lowest BCUT2D eigenvalue weighted by Gasteiger charge is -2.24. The van der Waals surface area contributed by atoms with Gasteiger partial charge in [-0.05, 0) is 36.3 Å². The van der Waals surface area contributed by atoms with Crippen LogP contribution < -0.4 is 5.32 Å². The van der Waals surface area contributed by atoms with Crippen molar-refractivity contribution in [1.29, 1.82) is 0 Å². The highest BCUT2D eigenvalue weighted by Gasteiger charge is 2.23. The Morgan fingerprint density at radius 1 is 1.12 bits per heavy atom.